The summed E-state index contributed by atoms with van der Waals surface area (Å²) in [5, 5.41) is 1.81. The van der Waals surface area contributed by atoms with Crippen molar-refractivity contribution < 1.29 is 0 Å². The molecule has 3 nitrogen and oxygen atoms in total. The Kier molecular flexibility index (Phi) is 4.55. The van der Waals surface area contributed by atoms with E-state index in [2.05, 4.69) is 44.5 Å². The Morgan fingerprint density at radius 1 is 1.15 bits per heavy atom. The lowest BCUT2D eigenvalue weighted by atomic mass is 9.95. The molecular weight excluding hydrogens is 290 g/mol. The molecule has 20 heavy (non-hydrogen) atoms. The fourth-order valence-corrected chi connectivity index (χ4v) is 3.96. The number of hydrogen-bond donors (Lipinski definition) is 0. The molecule has 2 rings (SSSR count). The Bertz CT molecular complexity index is 489. The van der Waals surface area contributed by atoms with E-state index in [1.165, 1.54) is 0 Å². The number of thioether (sulfide) groups is 1. The summed E-state index contributed by atoms with van der Waals surface area (Å²) in [6, 6.07) is 0. The van der Waals surface area contributed by atoms with Crippen molar-refractivity contribution in [2.75, 3.05) is 18.0 Å². The minimum atomic E-state index is -0.0894. The average Bonchev–Trinajstić information content (AvgIpc) is 2.29. The fraction of sp³-hybridized carbons (Fsp3) is 0.733. The predicted molar refractivity (Wildman–Crippen MR) is 89.2 cm³/mol. The lowest BCUT2D eigenvalue weighted by molar-refractivity contribution is 0.542. The molecule has 1 aliphatic heterocycles. The molecule has 0 saturated carbocycles. The summed E-state index contributed by atoms with van der Waals surface area (Å²) in [4.78, 5) is 11.6. The van der Waals surface area contributed by atoms with Gasteiger partial charge in [-0.2, -0.15) is 11.8 Å². The molecule has 1 aromatic heterocycles. The second-order valence-electron chi connectivity index (χ2n) is 6.70. The average molecular weight is 314 g/mol. The van der Waals surface area contributed by atoms with Crippen molar-refractivity contribution in [1.29, 1.82) is 0 Å². The zero-order valence-electron chi connectivity index (χ0n) is 13.2. The van der Waals surface area contributed by atoms with Gasteiger partial charge in [-0.25, -0.2) is 9.97 Å². The Labute approximate surface area is 131 Å². The minimum absolute atomic E-state index is 0.0894. The van der Waals surface area contributed by atoms with Crippen LogP contribution in [0.1, 0.15) is 46.0 Å². The molecule has 0 aromatic carbocycles. The van der Waals surface area contributed by atoms with Crippen molar-refractivity contribution >= 4 is 29.2 Å². The Morgan fingerprint density at radius 2 is 1.70 bits per heavy atom. The first kappa shape index (κ1) is 15.9. The highest BCUT2D eigenvalue weighted by molar-refractivity contribution is 8.00. The molecule has 1 saturated heterocycles. The van der Waals surface area contributed by atoms with Crippen LogP contribution in [0.25, 0.3) is 0 Å². The molecule has 1 aromatic rings. The van der Waals surface area contributed by atoms with Gasteiger partial charge in [-0.3, -0.25) is 0 Å². The molecular formula is C15H24ClN3S. The van der Waals surface area contributed by atoms with Gasteiger partial charge in [-0.1, -0.05) is 46.2 Å². The molecule has 1 fully saturated rings. The normalized spacial score (nSPS) is 24.1. The van der Waals surface area contributed by atoms with E-state index >= 15 is 0 Å². The Morgan fingerprint density at radius 3 is 2.20 bits per heavy atom. The molecule has 112 valence electrons. The van der Waals surface area contributed by atoms with Crippen LogP contribution in [0.2, 0.25) is 5.15 Å². The summed E-state index contributed by atoms with van der Waals surface area (Å²) in [6.45, 7) is 15.0. The van der Waals surface area contributed by atoms with Crippen LogP contribution in [-0.2, 0) is 5.41 Å². The summed E-state index contributed by atoms with van der Waals surface area (Å²) in [7, 11) is 0. The fourth-order valence-electron chi connectivity index (χ4n) is 2.47. The summed E-state index contributed by atoms with van der Waals surface area (Å²) in [5.74, 6) is 1.83. The van der Waals surface area contributed by atoms with Crippen molar-refractivity contribution in [2.24, 2.45) is 0 Å². The number of aromatic nitrogens is 2. The third-order valence-electron chi connectivity index (χ3n) is 3.45. The van der Waals surface area contributed by atoms with Crippen LogP contribution < -0.4 is 4.90 Å². The molecule has 0 amide bonds. The number of hydrogen-bond acceptors (Lipinski definition) is 4. The van der Waals surface area contributed by atoms with Crippen LogP contribution in [0.3, 0.4) is 0 Å². The molecule has 0 radical (unpaired) electrons. The van der Waals surface area contributed by atoms with Crippen molar-refractivity contribution in [3.05, 3.63) is 16.5 Å². The number of nitrogens with zero attached hydrogens (tertiary/aromatic N) is 3. The number of rotatable bonds is 1. The number of anilines is 1. The first-order valence-electron chi connectivity index (χ1n) is 7.13. The minimum Gasteiger partial charge on any atom is -0.354 e. The van der Waals surface area contributed by atoms with Crippen molar-refractivity contribution in [3.8, 4) is 0 Å². The maximum Gasteiger partial charge on any atom is 0.137 e. The topological polar surface area (TPSA) is 29.0 Å². The van der Waals surface area contributed by atoms with E-state index in [0.717, 1.165) is 30.3 Å². The lowest BCUT2D eigenvalue weighted by Gasteiger charge is -2.36. The van der Waals surface area contributed by atoms with E-state index in [9.17, 15) is 0 Å². The zero-order valence-corrected chi connectivity index (χ0v) is 14.8. The van der Waals surface area contributed by atoms with Crippen LogP contribution in [-0.4, -0.2) is 33.6 Å². The van der Waals surface area contributed by atoms with Crippen LogP contribution >= 0.6 is 23.4 Å². The summed E-state index contributed by atoms with van der Waals surface area (Å²) >= 11 is 8.38. The van der Waals surface area contributed by atoms with Gasteiger partial charge < -0.3 is 4.90 Å². The van der Waals surface area contributed by atoms with Gasteiger partial charge >= 0.3 is 0 Å². The first-order valence-corrected chi connectivity index (χ1v) is 8.45. The monoisotopic (exact) mass is 313 g/mol. The Balaban J connectivity index is 2.42. The van der Waals surface area contributed by atoms with Crippen LogP contribution in [0.15, 0.2) is 0 Å². The van der Waals surface area contributed by atoms with E-state index in [1.54, 1.807) is 0 Å². The third-order valence-corrected chi connectivity index (χ3v) is 5.05. The Hall–Kier alpha value is -0.480. The van der Waals surface area contributed by atoms with Crippen LogP contribution in [0.5, 0.6) is 0 Å². The van der Waals surface area contributed by atoms with Gasteiger partial charge in [0.2, 0.25) is 0 Å². The van der Waals surface area contributed by atoms with Crippen molar-refractivity contribution in [3.63, 3.8) is 0 Å². The largest absolute Gasteiger partial charge is 0.354 e. The third kappa shape index (κ3) is 3.40. The second kappa shape index (κ2) is 5.72. The highest BCUT2D eigenvalue weighted by Gasteiger charge is 2.27. The molecule has 0 bridgehead atoms. The van der Waals surface area contributed by atoms with Gasteiger partial charge in [0.05, 0.1) is 0 Å². The van der Waals surface area contributed by atoms with Gasteiger partial charge in [-0.05, 0) is 6.92 Å². The molecule has 2 unspecified atom stereocenters. The van der Waals surface area contributed by atoms with E-state index in [4.69, 9.17) is 16.6 Å². The van der Waals surface area contributed by atoms with Crippen LogP contribution in [0.4, 0.5) is 5.82 Å². The highest BCUT2D eigenvalue weighted by atomic mass is 35.5. The number of halogens is 1. The second-order valence-corrected chi connectivity index (χ2v) is 8.94. The van der Waals surface area contributed by atoms with E-state index in [0.29, 0.717) is 15.7 Å². The highest BCUT2D eigenvalue weighted by Crippen LogP contribution is 2.32. The van der Waals surface area contributed by atoms with E-state index in [1.807, 2.05) is 18.7 Å². The smallest absolute Gasteiger partial charge is 0.137 e. The summed E-state index contributed by atoms with van der Waals surface area (Å²) < 4.78 is 0. The van der Waals surface area contributed by atoms with Crippen molar-refractivity contribution in [2.45, 2.75) is 57.5 Å². The van der Waals surface area contributed by atoms with Gasteiger partial charge in [0.1, 0.15) is 16.8 Å². The van der Waals surface area contributed by atoms with E-state index < -0.39 is 0 Å². The SMILES string of the molecule is Cc1c(Cl)nc(C(C)(C)C)nc1N1CC(C)SC(C)C1. The molecule has 2 atom stereocenters. The first-order chi connectivity index (χ1) is 9.18. The quantitative estimate of drug-likeness (QED) is 0.731. The molecule has 0 spiro atoms. The van der Waals surface area contributed by atoms with Crippen molar-refractivity contribution in [1.82, 2.24) is 9.97 Å². The lowest BCUT2D eigenvalue weighted by Crippen LogP contribution is -2.41. The summed E-state index contributed by atoms with van der Waals surface area (Å²) in [6.07, 6.45) is 0. The zero-order chi connectivity index (χ0) is 15.1. The van der Waals surface area contributed by atoms with Gasteiger partial charge in [0.15, 0.2) is 0 Å². The maximum atomic E-state index is 6.33. The predicted octanol–water partition coefficient (Wildman–Crippen LogP) is 4.07. The molecule has 2 heterocycles. The van der Waals surface area contributed by atoms with Gasteiger partial charge in [0, 0.05) is 34.6 Å². The standard InChI is InChI=1S/C15H24ClN3S/c1-9-7-19(8-10(2)20-9)13-11(3)12(16)17-14(18-13)15(4,5)6/h9-10H,7-8H2,1-6H3. The molecule has 0 N–H and O–H groups in total. The maximum absolute atomic E-state index is 6.33. The summed E-state index contributed by atoms with van der Waals surface area (Å²) in [5.41, 5.74) is 0.902. The molecule has 5 heteroatoms. The van der Waals surface area contributed by atoms with Gasteiger partial charge in [0.25, 0.3) is 0 Å². The van der Waals surface area contributed by atoms with Crippen LogP contribution in [0, 0.1) is 6.92 Å². The van der Waals surface area contributed by atoms with E-state index in [-0.39, 0.29) is 5.41 Å². The molecule has 1 aliphatic rings. The van der Waals surface area contributed by atoms with Gasteiger partial charge in [-0.15, -0.1) is 0 Å². The molecule has 0 aliphatic carbocycles.